The van der Waals surface area contributed by atoms with E-state index in [0.717, 1.165) is 30.5 Å². The lowest BCUT2D eigenvalue weighted by Gasteiger charge is -2.32. The Hall–Kier alpha value is -1.11. The minimum absolute atomic E-state index is 0.712. The summed E-state index contributed by atoms with van der Waals surface area (Å²) in [4.78, 5) is 0. The van der Waals surface area contributed by atoms with Gasteiger partial charge in [-0.05, 0) is 130 Å². The molecule has 29 heavy (non-hydrogen) atoms. The average molecular weight is 399 g/mol. The van der Waals surface area contributed by atoms with Gasteiger partial charge in [0.15, 0.2) is 0 Å². The summed E-state index contributed by atoms with van der Waals surface area (Å²) in [5.41, 5.74) is 9.65. The number of hydrogen-bond donors (Lipinski definition) is 0. The van der Waals surface area contributed by atoms with Gasteiger partial charge in [0, 0.05) is 0 Å². The van der Waals surface area contributed by atoms with Crippen molar-refractivity contribution in [3.8, 4) is 0 Å². The Kier molecular flexibility index (Phi) is 7.99. The van der Waals surface area contributed by atoms with E-state index in [1.54, 1.807) is 39.5 Å². The fourth-order valence-electron chi connectivity index (χ4n) is 6.30. The molecule has 0 aliphatic heterocycles. The van der Waals surface area contributed by atoms with E-state index in [1.807, 2.05) is 0 Å². The van der Waals surface area contributed by atoms with Crippen LogP contribution in [0, 0.1) is 45.4 Å². The molecule has 0 spiro atoms. The zero-order valence-electron chi connectivity index (χ0n) is 19.6. The van der Waals surface area contributed by atoms with E-state index in [-0.39, 0.29) is 0 Å². The number of halogens is 1. The lowest BCUT2D eigenvalue weighted by molar-refractivity contribution is 0.264. The Morgan fingerprint density at radius 1 is 0.759 bits per heavy atom. The SMILES string of the molecule is Cc1c(C)c(C2CCC(C)CC2)c(C)c(C)c1CCC1CCC(C/C=C/F)CC1. The van der Waals surface area contributed by atoms with Crippen LogP contribution in [0.1, 0.15) is 110 Å². The summed E-state index contributed by atoms with van der Waals surface area (Å²) < 4.78 is 12.3. The Morgan fingerprint density at radius 3 is 1.86 bits per heavy atom. The minimum atomic E-state index is 0.712. The van der Waals surface area contributed by atoms with E-state index < -0.39 is 0 Å². The van der Waals surface area contributed by atoms with Gasteiger partial charge >= 0.3 is 0 Å². The predicted octanol–water partition coefficient (Wildman–Crippen LogP) is 8.83. The molecule has 0 bridgehead atoms. The molecule has 1 aromatic rings. The van der Waals surface area contributed by atoms with Gasteiger partial charge in [-0.25, -0.2) is 4.39 Å². The number of rotatable bonds is 6. The molecular formula is C28H43F. The van der Waals surface area contributed by atoms with Gasteiger partial charge in [0.05, 0.1) is 6.33 Å². The molecule has 0 amide bonds. The Bertz CT molecular complexity index is 669. The van der Waals surface area contributed by atoms with Gasteiger partial charge in [-0.15, -0.1) is 0 Å². The summed E-state index contributed by atoms with van der Waals surface area (Å²) in [5.74, 6) is 3.27. The van der Waals surface area contributed by atoms with Crippen molar-refractivity contribution in [3.63, 3.8) is 0 Å². The summed E-state index contributed by atoms with van der Waals surface area (Å²) >= 11 is 0. The van der Waals surface area contributed by atoms with Crippen LogP contribution in [0.25, 0.3) is 0 Å². The zero-order valence-corrected chi connectivity index (χ0v) is 19.6. The fourth-order valence-corrected chi connectivity index (χ4v) is 6.30. The first-order valence-corrected chi connectivity index (χ1v) is 12.3. The molecule has 0 heterocycles. The molecule has 0 saturated heterocycles. The average Bonchev–Trinajstić information content (AvgIpc) is 2.73. The van der Waals surface area contributed by atoms with Gasteiger partial charge in [0.2, 0.25) is 0 Å². The van der Waals surface area contributed by atoms with Crippen LogP contribution in [0.15, 0.2) is 12.4 Å². The second-order valence-corrected chi connectivity index (χ2v) is 10.4. The molecule has 0 radical (unpaired) electrons. The minimum Gasteiger partial charge on any atom is -0.216 e. The maximum absolute atomic E-state index is 12.3. The van der Waals surface area contributed by atoms with Gasteiger partial charge < -0.3 is 0 Å². The number of benzene rings is 1. The molecular weight excluding hydrogens is 355 g/mol. The molecule has 2 fully saturated rings. The monoisotopic (exact) mass is 398 g/mol. The highest BCUT2D eigenvalue weighted by atomic mass is 19.1. The summed E-state index contributed by atoms with van der Waals surface area (Å²) in [6.45, 7) is 12.0. The van der Waals surface area contributed by atoms with Gasteiger partial charge in [0.25, 0.3) is 0 Å². The first kappa shape index (κ1) is 22.6. The highest BCUT2D eigenvalue weighted by Crippen LogP contribution is 2.41. The molecule has 0 N–H and O–H groups in total. The van der Waals surface area contributed by atoms with Gasteiger partial charge in [-0.1, -0.05) is 38.7 Å². The van der Waals surface area contributed by atoms with E-state index in [4.69, 9.17) is 0 Å². The van der Waals surface area contributed by atoms with Crippen LogP contribution in [0.5, 0.6) is 0 Å². The lowest BCUT2D eigenvalue weighted by Crippen LogP contribution is -2.17. The Balaban J connectivity index is 1.66. The van der Waals surface area contributed by atoms with Crippen molar-refractivity contribution in [2.24, 2.45) is 17.8 Å². The molecule has 162 valence electrons. The van der Waals surface area contributed by atoms with Crippen molar-refractivity contribution < 1.29 is 4.39 Å². The first-order chi connectivity index (χ1) is 13.9. The fraction of sp³-hybridized carbons (Fsp3) is 0.714. The largest absolute Gasteiger partial charge is 0.216 e. The van der Waals surface area contributed by atoms with Crippen LogP contribution in [0.3, 0.4) is 0 Å². The second kappa shape index (κ2) is 10.3. The Morgan fingerprint density at radius 2 is 1.31 bits per heavy atom. The summed E-state index contributed by atoms with van der Waals surface area (Å²) in [6, 6.07) is 0. The molecule has 0 unspecified atom stereocenters. The van der Waals surface area contributed by atoms with Gasteiger partial charge in [-0.3, -0.25) is 0 Å². The molecule has 3 rings (SSSR count). The van der Waals surface area contributed by atoms with Crippen LogP contribution in [-0.2, 0) is 6.42 Å². The quantitative estimate of drug-likeness (QED) is 0.449. The second-order valence-electron chi connectivity index (χ2n) is 10.4. The molecule has 2 aliphatic rings. The van der Waals surface area contributed by atoms with Crippen LogP contribution in [0.2, 0.25) is 0 Å². The highest BCUT2D eigenvalue weighted by Gasteiger charge is 2.26. The van der Waals surface area contributed by atoms with Gasteiger partial charge in [-0.2, -0.15) is 0 Å². The van der Waals surface area contributed by atoms with Crippen molar-refractivity contribution >= 4 is 0 Å². The lowest BCUT2D eigenvalue weighted by atomic mass is 9.73. The third-order valence-corrected chi connectivity index (χ3v) is 8.59. The van der Waals surface area contributed by atoms with Crippen LogP contribution >= 0.6 is 0 Å². The number of allylic oxidation sites excluding steroid dienone is 1. The molecule has 0 nitrogen and oxygen atoms in total. The zero-order chi connectivity index (χ0) is 21.0. The van der Waals surface area contributed by atoms with E-state index in [0.29, 0.717) is 5.92 Å². The highest BCUT2D eigenvalue weighted by molar-refractivity contribution is 5.51. The standard InChI is InChI=1S/C28H43F/c1-19-8-15-26(16-9-19)28-22(4)20(2)27(21(3)23(28)5)17-14-25-12-10-24(11-13-25)7-6-18-29/h6,18-19,24-26H,7-17H2,1-5H3/b18-6+. The third kappa shape index (κ3) is 5.33. The molecule has 1 heteroatoms. The van der Waals surface area contributed by atoms with E-state index in [2.05, 4.69) is 34.6 Å². The molecule has 2 aliphatic carbocycles. The summed E-state index contributed by atoms with van der Waals surface area (Å²) in [6.07, 6.45) is 16.7. The maximum Gasteiger partial charge on any atom is 0.0827 e. The summed E-state index contributed by atoms with van der Waals surface area (Å²) in [5, 5.41) is 0. The smallest absolute Gasteiger partial charge is 0.0827 e. The molecule has 1 aromatic carbocycles. The van der Waals surface area contributed by atoms with E-state index in [9.17, 15) is 4.39 Å². The predicted molar refractivity (Wildman–Crippen MR) is 124 cm³/mol. The van der Waals surface area contributed by atoms with Crippen molar-refractivity contribution in [2.45, 2.75) is 111 Å². The number of hydrogen-bond acceptors (Lipinski definition) is 0. The molecule has 0 aromatic heterocycles. The van der Waals surface area contributed by atoms with Crippen molar-refractivity contribution in [2.75, 3.05) is 0 Å². The normalized spacial score (nSPS) is 28.2. The maximum atomic E-state index is 12.3. The van der Waals surface area contributed by atoms with Crippen molar-refractivity contribution in [1.82, 2.24) is 0 Å². The first-order valence-electron chi connectivity index (χ1n) is 12.3. The van der Waals surface area contributed by atoms with Crippen molar-refractivity contribution in [1.29, 1.82) is 0 Å². The van der Waals surface area contributed by atoms with E-state index >= 15 is 0 Å². The topological polar surface area (TPSA) is 0 Å². The van der Waals surface area contributed by atoms with Gasteiger partial charge in [0.1, 0.15) is 0 Å². The van der Waals surface area contributed by atoms with Crippen LogP contribution < -0.4 is 0 Å². The van der Waals surface area contributed by atoms with Crippen LogP contribution in [-0.4, -0.2) is 0 Å². The third-order valence-electron chi connectivity index (χ3n) is 8.59. The Labute approximate surface area is 179 Å². The summed E-state index contributed by atoms with van der Waals surface area (Å²) in [7, 11) is 0. The van der Waals surface area contributed by atoms with Crippen molar-refractivity contribution in [3.05, 3.63) is 45.8 Å². The van der Waals surface area contributed by atoms with Crippen LogP contribution in [0.4, 0.5) is 4.39 Å². The molecule has 0 atom stereocenters. The van der Waals surface area contributed by atoms with E-state index in [1.165, 1.54) is 64.2 Å². The molecule has 2 saturated carbocycles.